The van der Waals surface area contributed by atoms with E-state index in [0.717, 1.165) is 37.3 Å². The minimum absolute atomic E-state index is 0. The first-order valence-corrected chi connectivity index (χ1v) is 8.42. The van der Waals surface area contributed by atoms with Crippen LogP contribution in [0.2, 0.25) is 0 Å². The predicted molar refractivity (Wildman–Crippen MR) is 93.0 cm³/mol. The Morgan fingerprint density at radius 3 is 2.62 bits per heavy atom. The summed E-state index contributed by atoms with van der Waals surface area (Å²) in [4.78, 5) is 4.64. The summed E-state index contributed by atoms with van der Waals surface area (Å²) in [5, 5.41) is 13.6. The summed E-state index contributed by atoms with van der Waals surface area (Å²) in [6.45, 7) is 2.03. The van der Waals surface area contributed by atoms with Gasteiger partial charge in [-0.05, 0) is 50.0 Å². The Morgan fingerprint density at radius 2 is 1.83 bits per heavy atom. The zero-order valence-corrected chi connectivity index (χ0v) is 14.1. The molecule has 5 rings (SSSR count). The smallest absolute Gasteiger partial charge is 0.291 e. The fourth-order valence-electron chi connectivity index (χ4n) is 3.45. The molecule has 3 heterocycles. The summed E-state index contributed by atoms with van der Waals surface area (Å²) < 4.78 is 7.39. The van der Waals surface area contributed by atoms with Crippen LogP contribution in [0.4, 0.5) is 0 Å². The van der Waals surface area contributed by atoms with Crippen molar-refractivity contribution in [3.05, 3.63) is 35.9 Å². The van der Waals surface area contributed by atoms with Crippen LogP contribution in [0.15, 0.2) is 28.8 Å². The third-order valence-corrected chi connectivity index (χ3v) is 4.89. The number of hydrogen-bond acceptors (Lipinski definition) is 5. The molecule has 1 aliphatic carbocycles. The van der Waals surface area contributed by atoms with E-state index in [1.807, 2.05) is 10.7 Å². The maximum Gasteiger partial charge on any atom is 0.291 e. The summed E-state index contributed by atoms with van der Waals surface area (Å²) in [5.74, 6) is 2.26. The minimum Gasteiger partial charge on any atom is -0.337 e. The third kappa shape index (κ3) is 2.59. The van der Waals surface area contributed by atoms with E-state index in [4.69, 9.17) is 9.62 Å². The summed E-state index contributed by atoms with van der Waals surface area (Å²) in [7, 11) is 0. The van der Waals surface area contributed by atoms with Crippen molar-refractivity contribution < 1.29 is 4.52 Å². The van der Waals surface area contributed by atoms with E-state index in [2.05, 4.69) is 33.7 Å². The Labute approximate surface area is 146 Å². The summed E-state index contributed by atoms with van der Waals surface area (Å²) in [6, 6.07) is 8.32. The van der Waals surface area contributed by atoms with Gasteiger partial charge in [0.2, 0.25) is 5.89 Å². The average molecular weight is 346 g/mol. The molecule has 0 amide bonds. The number of para-hydroxylation sites is 1. The van der Waals surface area contributed by atoms with Crippen LogP contribution in [-0.2, 0) is 0 Å². The highest BCUT2D eigenvalue weighted by Gasteiger charge is 2.30. The number of halogens is 1. The molecule has 1 saturated heterocycles. The molecular weight excluding hydrogens is 326 g/mol. The largest absolute Gasteiger partial charge is 0.337 e. The number of hydrogen-bond donors (Lipinski definition) is 1. The molecule has 24 heavy (non-hydrogen) atoms. The molecule has 126 valence electrons. The Bertz CT molecular complexity index is 848. The van der Waals surface area contributed by atoms with Crippen LogP contribution in [0.5, 0.6) is 0 Å². The maximum atomic E-state index is 5.54. The fraction of sp³-hybridized carbons (Fsp3) is 0.471. The molecule has 0 bridgehead atoms. The summed E-state index contributed by atoms with van der Waals surface area (Å²) >= 11 is 0. The highest BCUT2D eigenvalue weighted by atomic mass is 35.5. The van der Waals surface area contributed by atoms with Crippen LogP contribution < -0.4 is 5.32 Å². The lowest BCUT2D eigenvalue weighted by molar-refractivity contribution is 0.319. The SMILES string of the molecule is Cl.c1ccc2c(c1)c(C1CC1)nn2-c1noc(C2CCNCC2)n1. The van der Waals surface area contributed by atoms with Gasteiger partial charge in [0, 0.05) is 17.2 Å². The number of aromatic nitrogens is 4. The second kappa shape index (κ2) is 6.18. The zero-order valence-electron chi connectivity index (χ0n) is 13.3. The van der Waals surface area contributed by atoms with Gasteiger partial charge in [0.1, 0.15) is 0 Å². The van der Waals surface area contributed by atoms with Crippen molar-refractivity contribution >= 4 is 23.3 Å². The van der Waals surface area contributed by atoms with Crippen LogP contribution >= 0.6 is 12.4 Å². The molecule has 1 aromatic carbocycles. The van der Waals surface area contributed by atoms with Gasteiger partial charge < -0.3 is 9.84 Å². The lowest BCUT2D eigenvalue weighted by Gasteiger charge is -2.18. The first kappa shape index (κ1) is 15.6. The molecule has 0 spiro atoms. The van der Waals surface area contributed by atoms with E-state index in [1.54, 1.807) is 0 Å². The molecule has 3 aromatic rings. The Kier molecular flexibility index (Phi) is 4.02. The molecule has 2 aromatic heterocycles. The molecule has 1 saturated carbocycles. The van der Waals surface area contributed by atoms with Crippen LogP contribution in [0.1, 0.15) is 49.1 Å². The molecule has 1 N–H and O–H groups in total. The number of rotatable bonds is 3. The van der Waals surface area contributed by atoms with Gasteiger partial charge in [-0.3, -0.25) is 0 Å². The highest BCUT2D eigenvalue weighted by molar-refractivity contribution is 5.85. The van der Waals surface area contributed by atoms with Crippen molar-refractivity contribution in [2.75, 3.05) is 13.1 Å². The minimum atomic E-state index is 0. The number of nitrogens with one attached hydrogen (secondary N) is 1. The summed E-state index contributed by atoms with van der Waals surface area (Å²) in [6.07, 6.45) is 4.56. The fourth-order valence-corrected chi connectivity index (χ4v) is 3.45. The molecular formula is C17H20ClN5O. The number of nitrogens with zero attached hydrogens (tertiary/aromatic N) is 4. The number of fused-ring (bicyclic) bond motifs is 1. The topological polar surface area (TPSA) is 68.8 Å². The Balaban J connectivity index is 0.00000146. The Morgan fingerprint density at radius 1 is 1.04 bits per heavy atom. The quantitative estimate of drug-likeness (QED) is 0.789. The van der Waals surface area contributed by atoms with Gasteiger partial charge in [-0.2, -0.15) is 14.8 Å². The molecule has 0 radical (unpaired) electrons. The standard InChI is InChI=1S/C17H19N5O.ClH/c1-2-4-14-13(3-1)15(11-5-6-11)20-22(14)17-19-16(23-21-17)12-7-9-18-10-8-12;/h1-4,11-12,18H,5-10H2;1H. The Hall–Kier alpha value is -1.92. The van der Waals surface area contributed by atoms with Gasteiger partial charge in [-0.15, -0.1) is 12.4 Å². The normalized spacial score (nSPS) is 18.7. The second-order valence-electron chi connectivity index (χ2n) is 6.55. The zero-order chi connectivity index (χ0) is 15.2. The van der Waals surface area contributed by atoms with Crippen LogP contribution in [0, 0.1) is 0 Å². The molecule has 0 unspecified atom stereocenters. The first-order valence-electron chi connectivity index (χ1n) is 8.42. The molecule has 1 aliphatic heterocycles. The van der Waals surface area contributed by atoms with Crippen molar-refractivity contribution in [2.24, 2.45) is 0 Å². The summed E-state index contributed by atoms with van der Waals surface area (Å²) in [5.41, 5.74) is 2.24. The molecule has 2 fully saturated rings. The maximum absolute atomic E-state index is 5.54. The highest BCUT2D eigenvalue weighted by Crippen LogP contribution is 2.42. The second-order valence-corrected chi connectivity index (χ2v) is 6.55. The first-order chi connectivity index (χ1) is 11.4. The average Bonchev–Trinajstić information content (AvgIpc) is 3.21. The van der Waals surface area contributed by atoms with Crippen LogP contribution in [0.25, 0.3) is 16.9 Å². The van der Waals surface area contributed by atoms with Gasteiger partial charge in [0.15, 0.2) is 0 Å². The molecule has 7 heteroatoms. The van der Waals surface area contributed by atoms with Gasteiger partial charge in [0.05, 0.1) is 11.2 Å². The third-order valence-electron chi connectivity index (χ3n) is 4.89. The van der Waals surface area contributed by atoms with Crippen LogP contribution in [0.3, 0.4) is 0 Å². The van der Waals surface area contributed by atoms with Gasteiger partial charge in [-0.25, -0.2) is 0 Å². The van der Waals surface area contributed by atoms with Crippen molar-refractivity contribution in [1.29, 1.82) is 0 Å². The number of piperidine rings is 1. The van der Waals surface area contributed by atoms with E-state index >= 15 is 0 Å². The molecule has 2 aliphatic rings. The lowest BCUT2D eigenvalue weighted by atomic mass is 9.98. The lowest BCUT2D eigenvalue weighted by Crippen LogP contribution is -2.26. The van der Waals surface area contributed by atoms with Crippen molar-refractivity contribution in [3.8, 4) is 5.95 Å². The predicted octanol–water partition coefficient (Wildman–Crippen LogP) is 3.17. The van der Waals surface area contributed by atoms with Crippen molar-refractivity contribution in [2.45, 2.75) is 37.5 Å². The van der Waals surface area contributed by atoms with Crippen LogP contribution in [-0.4, -0.2) is 33.0 Å². The van der Waals surface area contributed by atoms with E-state index in [-0.39, 0.29) is 12.4 Å². The van der Waals surface area contributed by atoms with Crippen molar-refractivity contribution in [3.63, 3.8) is 0 Å². The van der Waals surface area contributed by atoms with E-state index in [0.29, 0.717) is 17.8 Å². The van der Waals surface area contributed by atoms with Gasteiger partial charge in [0.25, 0.3) is 5.95 Å². The molecule has 6 nitrogen and oxygen atoms in total. The number of benzene rings is 1. The van der Waals surface area contributed by atoms with Crippen molar-refractivity contribution in [1.82, 2.24) is 25.2 Å². The monoisotopic (exact) mass is 345 g/mol. The van der Waals surface area contributed by atoms with E-state index in [1.165, 1.54) is 23.9 Å². The molecule has 0 atom stereocenters. The van der Waals surface area contributed by atoms with E-state index in [9.17, 15) is 0 Å². The van der Waals surface area contributed by atoms with Gasteiger partial charge in [-0.1, -0.05) is 18.2 Å². The van der Waals surface area contributed by atoms with Gasteiger partial charge >= 0.3 is 0 Å². The van der Waals surface area contributed by atoms with E-state index < -0.39 is 0 Å².